The van der Waals surface area contributed by atoms with Crippen molar-refractivity contribution in [3.63, 3.8) is 0 Å². The largest absolute Gasteiger partial charge is 0.255 e. The van der Waals surface area contributed by atoms with E-state index in [0.29, 0.717) is 5.92 Å². The van der Waals surface area contributed by atoms with Gasteiger partial charge in [0.15, 0.2) is 0 Å². The van der Waals surface area contributed by atoms with E-state index >= 15 is 0 Å². The summed E-state index contributed by atoms with van der Waals surface area (Å²) in [6.45, 7) is 2.18. The molecule has 3 nitrogen and oxygen atoms in total. The zero-order chi connectivity index (χ0) is 10.7. The molecule has 1 aromatic heterocycles. The highest BCUT2D eigenvalue weighted by atomic mass is 15.4. The maximum atomic E-state index is 4.12. The molecule has 0 aliphatic carbocycles. The van der Waals surface area contributed by atoms with Crippen LogP contribution in [0.5, 0.6) is 0 Å². The first-order valence-electron chi connectivity index (χ1n) is 5.16. The van der Waals surface area contributed by atoms with Gasteiger partial charge in [0.2, 0.25) is 0 Å². The Balaban J connectivity index is 2.07. The van der Waals surface area contributed by atoms with Crippen LogP contribution in [-0.4, -0.2) is 15.0 Å². The number of hydrogen-bond acceptors (Lipinski definition) is 2. The number of nitrogens with zero attached hydrogens (tertiary/aromatic N) is 3. The van der Waals surface area contributed by atoms with Crippen molar-refractivity contribution in [2.24, 2.45) is 7.05 Å². The van der Waals surface area contributed by atoms with E-state index in [2.05, 4.69) is 41.5 Å². The first-order valence-corrected chi connectivity index (χ1v) is 5.16. The normalized spacial score (nSPS) is 12.7. The first-order chi connectivity index (χ1) is 7.25. The van der Waals surface area contributed by atoms with E-state index in [0.717, 1.165) is 12.1 Å². The molecular weight excluding hydrogens is 186 g/mol. The van der Waals surface area contributed by atoms with Crippen molar-refractivity contribution in [1.29, 1.82) is 0 Å². The Morgan fingerprint density at radius 2 is 2.00 bits per heavy atom. The van der Waals surface area contributed by atoms with Gasteiger partial charge in [-0.25, -0.2) is 0 Å². The smallest absolute Gasteiger partial charge is 0.0858 e. The molecule has 1 aromatic carbocycles. The van der Waals surface area contributed by atoms with Gasteiger partial charge in [-0.3, -0.25) is 4.68 Å². The van der Waals surface area contributed by atoms with Gasteiger partial charge in [0.1, 0.15) is 0 Å². The van der Waals surface area contributed by atoms with Gasteiger partial charge < -0.3 is 0 Å². The molecule has 1 atom stereocenters. The quantitative estimate of drug-likeness (QED) is 0.762. The van der Waals surface area contributed by atoms with Crippen LogP contribution in [0.2, 0.25) is 0 Å². The maximum absolute atomic E-state index is 4.12. The summed E-state index contributed by atoms with van der Waals surface area (Å²) < 4.78 is 1.75. The van der Waals surface area contributed by atoms with Crippen LogP contribution in [0.3, 0.4) is 0 Å². The SMILES string of the molecule is CC(Cc1ccccc1)c1cn(C)nn1. The third-order valence-corrected chi connectivity index (χ3v) is 2.51. The number of rotatable bonds is 3. The molecular formula is C12H15N3. The fourth-order valence-corrected chi connectivity index (χ4v) is 1.66. The zero-order valence-electron chi connectivity index (χ0n) is 9.09. The van der Waals surface area contributed by atoms with Crippen LogP contribution in [-0.2, 0) is 13.5 Å². The van der Waals surface area contributed by atoms with Crippen molar-refractivity contribution in [2.45, 2.75) is 19.3 Å². The van der Waals surface area contributed by atoms with Crippen molar-refractivity contribution in [3.8, 4) is 0 Å². The van der Waals surface area contributed by atoms with E-state index in [-0.39, 0.29) is 0 Å². The fourth-order valence-electron chi connectivity index (χ4n) is 1.66. The summed E-state index contributed by atoms with van der Waals surface area (Å²) in [5.74, 6) is 0.418. The van der Waals surface area contributed by atoms with Crippen molar-refractivity contribution >= 4 is 0 Å². The minimum atomic E-state index is 0.418. The minimum absolute atomic E-state index is 0.418. The van der Waals surface area contributed by atoms with Crippen LogP contribution >= 0.6 is 0 Å². The Bertz CT molecular complexity index is 419. The lowest BCUT2D eigenvalue weighted by Gasteiger charge is -2.07. The summed E-state index contributed by atoms with van der Waals surface area (Å²) in [7, 11) is 1.89. The van der Waals surface area contributed by atoms with E-state index < -0.39 is 0 Å². The predicted molar refractivity (Wildman–Crippen MR) is 59.6 cm³/mol. The highest BCUT2D eigenvalue weighted by Crippen LogP contribution is 2.17. The molecule has 3 heteroatoms. The molecule has 0 aliphatic rings. The Labute approximate surface area is 89.7 Å². The molecule has 0 aliphatic heterocycles. The Morgan fingerprint density at radius 3 is 2.60 bits per heavy atom. The monoisotopic (exact) mass is 201 g/mol. The van der Waals surface area contributed by atoms with Crippen molar-refractivity contribution in [1.82, 2.24) is 15.0 Å². The summed E-state index contributed by atoms with van der Waals surface area (Å²) in [6, 6.07) is 10.5. The van der Waals surface area contributed by atoms with E-state index in [1.54, 1.807) is 4.68 Å². The molecule has 0 N–H and O–H groups in total. The molecule has 78 valence electrons. The average Bonchev–Trinajstić information content (AvgIpc) is 2.66. The highest BCUT2D eigenvalue weighted by molar-refractivity contribution is 5.18. The van der Waals surface area contributed by atoms with Crippen molar-refractivity contribution < 1.29 is 0 Å². The lowest BCUT2D eigenvalue weighted by Crippen LogP contribution is -1.98. The maximum Gasteiger partial charge on any atom is 0.0858 e. The van der Waals surface area contributed by atoms with Crippen LogP contribution in [0, 0.1) is 0 Å². The van der Waals surface area contributed by atoms with Gasteiger partial charge in [0, 0.05) is 19.2 Å². The molecule has 0 radical (unpaired) electrons. The summed E-state index contributed by atoms with van der Waals surface area (Å²) in [6.07, 6.45) is 2.99. The van der Waals surface area contributed by atoms with Crippen LogP contribution in [0.25, 0.3) is 0 Å². The third-order valence-electron chi connectivity index (χ3n) is 2.51. The molecule has 2 rings (SSSR count). The molecule has 0 bridgehead atoms. The van der Waals surface area contributed by atoms with Gasteiger partial charge in [0.25, 0.3) is 0 Å². The predicted octanol–water partition coefficient (Wildman–Crippen LogP) is 2.16. The van der Waals surface area contributed by atoms with Crippen LogP contribution < -0.4 is 0 Å². The minimum Gasteiger partial charge on any atom is -0.255 e. The third kappa shape index (κ3) is 2.43. The molecule has 0 fully saturated rings. The molecule has 15 heavy (non-hydrogen) atoms. The number of hydrogen-bond donors (Lipinski definition) is 0. The first kappa shape index (κ1) is 9.90. The Morgan fingerprint density at radius 1 is 1.27 bits per heavy atom. The topological polar surface area (TPSA) is 30.7 Å². The Kier molecular flexibility index (Phi) is 2.81. The van der Waals surface area contributed by atoms with Crippen LogP contribution in [0.15, 0.2) is 36.5 Å². The van der Waals surface area contributed by atoms with Gasteiger partial charge in [-0.05, 0) is 12.0 Å². The second-order valence-corrected chi connectivity index (χ2v) is 3.91. The van der Waals surface area contributed by atoms with E-state index in [9.17, 15) is 0 Å². The standard InChI is InChI=1S/C12H15N3/c1-10(12-9-15(2)14-13-12)8-11-6-4-3-5-7-11/h3-7,9-10H,8H2,1-2H3. The average molecular weight is 201 g/mol. The zero-order valence-corrected chi connectivity index (χ0v) is 9.09. The van der Waals surface area contributed by atoms with Crippen LogP contribution in [0.1, 0.15) is 24.1 Å². The van der Waals surface area contributed by atoms with E-state index in [1.807, 2.05) is 19.3 Å². The van der Waals surface area contributed by atoms with E-state index in [4.69, 9.17) is 0 Å². The number of aryl methyl sites for hydroxylation is 1. The second kappa shape index (κ2) is 4.26. The summed E-state index contributed by atoms with van der Waals surface area (Å²) >= 11 is 0. The van der Waals surface area contributed by atoms with Crippen molar-refractivity contribution in [3.05, 3.63) is 47.8 Å². The molecule has 1 unspecified atom stereocenters. The fraction of sp³-hybridized carbons (Fsp3) is 0.333. The van der Waals surface area contributed by atoms with Gasteiger partial charge >= 0.3 is 0 Å². The molecule has 0 saturated heterocycles. The number of aromatic nitrogens is 3. The summed E-state index contributed by atoms with van der Waals surface area (Å²) in [5, 5.41) is 8.07. The molecule has 1 heterocycles. The Hall–Kier alpha value is -1.64. The molecule has 0 spiro atoms. The van der Waals surface area contributed by atoms with Gasteiger partial charge in [0.05, 0.1) is 5.69 Å². The van der Waals surface area contributed by atoms with Gasteiger partial charge in [-0.1, -0.05) is 42.5 Å². The van der Waals surface area contributed by atoms with E-state index in [1.165, 1.54) is 5.56 Å². The second-order valence-electron chi connectivity index (χ2n) is 3.91. The van der Waals surface area contributed by atoms with Crippen molar-refractivity contribution in [2.75, 3.05) is 0 Å². The van der Waals surface area contributed by atoms with Gasteiger partial charge in [-0.15, -0.1) is 5.10 Å². The molecule has 0 amide bonds. The molecule has 2 aromatic rings. The summed E-state index contributed by atoms with van der Waals surface area (Å²) in [5.41, 5.74) is 2.40. The lowest BCUT2D eigenvalue weighted by atomic mass is 9.99. The summed E-state index contributed by atoms with van der Waals surface area (Å²) in [4.78, 5) is 0. The van der Waals surface area contributed by atoms with Gasteiger partial charge in [-0.2, -0.15) is 0 Å². The molecule has 0 saturated carbocycles. The highest BCUT2D eigenvalue weighted by Gasteiger charge is 2.09. The van der Waals surface area contributed by atoms with Crippen LogP contribution in [0.4, 0.5) is 0 Å². The lowest BCUT2D eigenvalue weighted by molar-refractivity contribution is 0.700. The number of benzene rings is 1.